The van der Waals surface area contributed by atoms with Crippen molar-refractivity contribution < 1.29 is 24.2 Å². The molecule has 7 atom stereocenters. The molecule has 4 rings (SSSR count). The molecule has 0 saturated heterocycles. The van der Waals surface area contributed by atoms with Gasteiger partial charge in [0.1, 0.15) is 5.78 Å². The lowest BCUT2D eigenvalue weighted by Gasteiger charge is -2.63. The molecule has 0 aromatic heterocycles. The van der Waals surface area contributed by atoms with Crippen LogP contribution in [0.25, 0.3) is 0 Å². The molecule has 1 N–H and O–H groups in total. The zero-order chi connectivity index (χ0) is 20.5. The van der Waals surface area contributed by atoms with E-state index in [1.165, 1.54) is 6.92 Å². The van der Waals surface area contributed by atoms with Crippen LogP contribution in [-0.4, -0.2) is 34.3 Å². The summed E-state index contributed by atoms with van der Waals surface area (Å²) in [7, 11) is 0. The predicted molar refractivity (Wildman–Crippen MR) is 103 cm³/mol. The molecule has 4 aliphatic carbocycles. The lowest BCUT2D eigenvalue weighted by molar-refractivity contribution is -0.200. The highest BCUT2D eigenvalue weighted by Crippen LogP contribution is 2.68. The molecule has 0 amide bonds. The summed E-state index contributed by atoms with van der Waals surface area (Å²) in [6, 6.07) is 0. The molecule has 0 heterocycles. The van der Waals surface area contributed by atoms with Crippen LogP contribution in [0.4, 0.5) is 0 Å². The molecule has 5 nitrogen and oxygen atoms in total. The van der Waals surface area contributed by atoms with Gasteiger partial charge in [0.05, 0.1) is 5.60 Å². The Labute approximate surface area is 166 Å². The highest BCUT2D eigenvalue weighted by atomic mass is 16.5. The second-order valence-electron chi connectivity index (χ2n) is 10.1. The zero-order valence-corrected chi connectivity index (χ0v) is 17.4. The van der Waals surface area contributed by atoms with Crippen LogP contribution in [0.5, 0.6) is 0 Å². The number of esters is 1. The summed E-state index contributed by atoms with van der Waals surface area (Å²) >= 11 is 0. The third-order valence-electron chi connectivity index (χ3n) is 8.97. The van der Waals surface area contributed by atoms with E-state index in [1.807, 2.05) is 6.92 Å². The minimum absolute atomic E-state index is 0.0416. The van der Waals surface area contributed by atoms with Gasteiger partial charge in [0.15, 0.2) is 11.9 Å². The Balaban J connectivity index is 1.71. The third kappa shape index (κ3) is 2.51. The summed E-state index contributed by atoms with van der Waals surface area (Å²) in [4.78, 5) is 36.2. The van der Waals surface area contributed by atoms with E-state index < -0.39 is 23.1 Å². The number of ether oxygens (including phenoxy) is 1. The number of hydrogen-bond donors (Lipinski definition) is 1. The summed E-state index contributed by atoms with van der Waals surface area (Å²) in [5.41, 5.74) is -0.532. The Bertz CT molecular complexity index is 769. The zero-order valence-electron chi connectivity index (χ0n) is 17.4. The third-order valence-corrected chi connectivity index (χ3v) is 8.97. The van der Waals surface area contributed by atoms with Crippen molar-refractivity contribution in [1.29, 1.82) is 0 Å². The Hall–Kier alpha value is -1.49. The molecule has 0 aliphatic heterocycles. The molecule has 0 aromatic rings. The van der Waals surface area contributed by atoms with Gasteiger partial charge in [-0.3, -0.25) is 14.4 Å². The lowest BCUT2D eigenvalue weighted by atomic mass is 9.44. The second kappa shape index (κ2) is 6.25. The van der Waals surface area contributed by atoms with Gasteiger partial charge in [0.25, 0.3) is 0 Å². The van der Waals surface area contributed by atoms with E-state index in [1.54, 1.807) is 13.0 Å². The topological polar surface area (TPSA) is 80.7 Å². The van der Waals surface area contributed by atoms with E-state index in [0.717, 1.165) is 37.7 Å². The summed E-state index contributed by atoms with van der Waals surface area (Å²) in [6.07, 6.45) is 6.17. The van der Waals surface area contributed by atoms with Gasteiger partial charge in [-0.2, -0.15) is 0 Å². The molecule has 5 heteroatoms. The lowest BCUT2D eigenvalue weighted by Crippen LogP contribution is -2.64. The Morgan fingerprint density at radius 2 is 1.82 bits per heavy atom. The standard InChI is InChI=1S/C23H32O5/c1-13(24)16-7-8-17-18-6-5-15-11-19(26)20(28-14(2)25)12-22(15,4)23(18,27)10-9-21(16,17)3/h11,16-18,20,27H,5-10,12H2,1-4H3/t16-,17+,18+,20?,21-,22+,23-/m1/s1. The van der Waals surface area contributed by atoms with Gasteiger partial charge in [0, 0.05) is 24.7 Å². The van der Waals surface area contributed by atoms with Gasteiger partial charge in [-0.05, 0) is 68.8 Å². The fourth-order valence-corrected chi connectivity index (χ4v) is 7.50. The molecule has 28 heavy (non-hydrogen) atoms. The van der Waals surface area contributed by atoms with Crippen molar-refractivity contribution in [2.24, 2.45) is 28.6 Å². The van der Waals surface area contributed by atoms with Crippen LogP contribution >= 0.6 is 0 Å². The van der Waals surface area contributed by atoms with Gasteiger partial charge in [-0.25, -0.2) is 0 Å². The maximum atomic E-state index is 12.5. The van der Waals surface area contributed by atoms with E-state index in [2.05, 4.69) is 6.92 Å². The summed E-state index contributed by atoms with van der Waals surface area (Å²) in [6.45, 7) is 7.32. The minimum Gasteiger partial charge on any atom is -0.454 e. The first-order valence-corrected chi connectivity index (χ1v) is 10.7. The number of hydrogen-bond acceptors (Lipinski definition) is 5. The first-order chi connectivity index (χ1) is 13.0. The fraction of sp³-hybridized carbons (Fsp3) is 0.783. The number of aliphatic hydroxyl groups is 1. The summed E-state index contributed by atoms with van der Waals surface area (Å²) in [5.74, 6) is 0.175. The van der Waals surface area contributed by atoms with E-state index in [4.69, 9.17) is 4.74 Å². The normalized spacial score (nSPS) is 47.5. The molecule has 0 radical (unpaired) electrons. The van der Waals surface area contributed by atoms with E-state index in [9.17, 15) is 19.5 Å². The van der Waals surface area contributed by atoms with Crippen molar-refractivity contribution in [3.05, 3.63) is 11.6 Å². The van der Waals surface area contributed by atoms with Crippen molar-refractivity contribution >= 4 is 17.5 Å². The molecule has 0 aromatic carbocycles. The SMILES string of the molecule is CC(=O)OC1C[C@@]2(C)C(=CC1=O)CC[C@H]1[C@@H]3CC[C@H](C(C)=O)[C@@]3(C)CC[C@@]12O. The van der Waals surface area contributed by atoms with E-state index in [0.29, 0.717) is 18.8 Å². The van der Waals surface area contributed by atoms with Gasteiger partial charge in [-0.1, -0.05) is 19.4 Å². The molecular formula is C23H32O5. The highest BCUT2D eigenvalue weighted by Gasteiger charge is 2.67. The number of Topliss-reactive ketones (excluding diaryl/α,β-unsaturated/α-hetero) is 1. The van der Waals surface area contributed by atoms with Gasteiger partial charge >= 0.3 is 5.97 Å². The van der Waals surface area contributed by atoms with Crippen LogP contribution in [0.3, 0.4) is 0 Å². The van der Waals surface area contributed by atoms with Crippen molar-refractivity contribution in [2.45, 2.75) is 84.3 Å². The Morgan fingerprint density at radius 3 is 2.46 bits per heavy atom. The quantitative estimate of drug-likeness (QED) is 0.734. The Morgan fingerprint density at radius 1 is 1.11 bits per heavy atom. The van der Waals surface area contributed by atoms with Crippen LogP contribution in [0.15, 0.2) is 11.6 Å². The van der Waals surface area contributed by atoms with Crippen molar-refractivity contribution in [2.75, 3.05) is 0 Å². The van der Waals surface area contributed by atoms with Crippen LogP contribution in [0, 0.1) is 28.6 Å². The molecule has 1 unspecified atom stereocenters. The van der Waals surface area contributed by atoms with Gasteiger partial charge in [0.2, 0.25) is 0 Å². The number of rotatable bonds is 2. The second-order valence-corrected chi connectivity index (χ2v) is 10.1. The molecule has 154 valence electrons. The molecule has 0 spiro atoms. The van der Waals surface area contributed by atoms with Crippen LogP contribution in [0.2, 0.25) is 0 Å². The first-order valence-electron chi connectivity index (χ1n) is 10.7. The smallest absolute Gasteiger partial charge is 0.303 e. The molecular weight excluding hydrogens is 356 g/mol. The van der Waals surface area contributed by atoms with E-state index >= 15 is 0 Å². The predicted octanol–water partition coefficient (Wildman–Crippen LogP) is 3.38. The number of fused-ring (bicyclic) bond motifs is 5. The van der Waals surface area contributed by atoms with Crippen molar-refractivity contribution in [3.63, 3.8) is 0 Å². The molecule has 4 aliphatic rings. The average molecular weight is 389 g/mol. The van der Waals surface area contributed by atoms with Crippen molar-refractivity contribution in [3.8, 4) is 0 Å². The Kier molecular flexibility index (Phi) is 4.42. The molecule has 3 saturated carbocycles. The van der Waals surface area contributed by atoms with Crippen molar-refractivity contribution in [1.82, 2.24) is 0 Å². The fourth-order valence-electron chi connectivity index (χ4n) is 7.50. The van der Waals surface area contributed by atoms with Gasteiger partial charge in [-0.15, -0.1) is 0 Å². The highest BCUT2D eigenvalue weighted by molar-refractivity contribution is 5.96. The maximum Gasteiger partial charge on any atom is 0.303 e. The monoisotopic (exact) mass is 388 g/mol. The largest absolute Gasteiger partial charge is 0.454 e. The van der Waals surface area contributed by atoms with E-state index in [-0.39, 0.29) is 28.8 Å². The molecule has 3 fully saturated rings. The average Bonchev–Trinajstić information content (AvgIpc) is 2.94. The first kappa shape index (κ1) is 19.8. The van der Waals surface area contributed by atoms with Gasteiger partial charge < -0.3 is 9.84 Å². The maximum absolute atomic E-state index is 12.5. The number of carbonyl (C=O) groups is 3. The summed E-state index contributed by atoms with van der Waals surface area (Å²) < 4.78 is 5.31. The minimum atomic E-state index is -0.925. The van der Waals surface area contributed by atoms with Crippen LogP contribution < -0.4 is 0 Å². The number of carbonyl (C=O) groups excluding carboxylic acids is 3. The summed E-state index contributed by atoms with van der Waals surface area (Å²) in [5, 5.41) is 12.1. The van der Waals surface area contributed by atoms with Crippen LogP contribution in [0.1, 0.15) is 72.6 Å². The number of ketones is 2. The molecule has 0 bridgehead atoms. The van der Waals surface area contributed by atoms with Crippen LogP contribution in [-0.2, 0) is 19.1 Å².